The Hall–Kier alpha value is -2.59. The molecule has 1 unspecified atom stereocenters. The first-order chi connectivity index (χ1) is 13.3. The molecule has 0 aliphatic carbocycles. The predicted molar refractivity (Wildman–Crippen MR) is 106 cm³/mol. The predicted octanol–water partition coefficient (Wildman–Crippen LogP) is 2.84. The third-order valence-electron chi connectivity index (χ3n) is 4.69. The summed E-state index contributed by atoms with van der Waals surface area (Å²) in [5.74, 6) is -0.411. The van der Waals surface area contributed by atoms with Crippen molar-refractivity contribution in [2.24, 2.45) is 0 Å². The van der Waals surface area contributed by atoms with Crippen LogP contribution in [0.1, 0.15) is 12.8 Å². The molecule has 0 radical (unpaired) electrons. The zero-order chi connectivity index (χ0) is 19.9. The first-order valence-corrected chi connectivity index (χ1v) is 11.4. The molecule has 0 bridgehead atoms. The van der Waals surface area contributed by atoms with Crippen LogP contribution in [0.15, 0.2) is 40.9 Å². The van der Waals surface area contributed by atoms with Crippen molar-refractivity contribution in [3.8, 4) is 0 Å². The van der Waals surface area contributed by atoms with Crippen LogP contribution in [0.2, 0.25) is 0 Å². The number of hydrogen-bond acceptors (Lipinski definition) is 7. The Kier molecular flexibility index (Phi) is 4.76. The summed E-state index contributed by atoms with van der Waals surface area (Å²) in [7, 11) is -3.51. The number of carbonyl (C=O) groups excluding carboxylic acids is 1. The highest BCUT2D eigenvalue weighted by atomic mass is 32.2. The topological polar surface area (TPSA) is 92.3 Å². The van der Waals surface area contributed by atoms with E-state index < -0.39 is 27.6 Å². The van der Waals surface area contributed by atoms with Gasteiger partial charge in [0.05, 0.1) is 16.0 Å². The molecule has 3 heterocycles. The van der Waals surface area contributed by atoms with Crippen LogP contribution < -0.4 is 10.2 Å². The summed E-state index contributed by atoms with van der Waals surface area (Å²) in [5, 5.41) is 5.33. The lowest BCUT2D eigenvalue weighted by Crippen LogP contribution is -2.40. The quantitative estimate of drug-likeness (QED) is 0.653. The van der Waals surface area contributed by atoms with E-state index in [1.54, 1.807) is 0 Å². The van der Waals surface area contributed by atoms with Gasteiger partial charge in [0.2, 0.25) is 5.91 Å². The molecule has 1 N–H and O–H groups in total. The highest BCUT2D eigenvalue weighted by Gasteiger charge is 2.33. The number of nitrogens with zero attached hydrogens (tertiary/aromatic N) is 3. The maximum atomic E-state index is 14.1. The third kappa shape index (κ3) is 3.45. The zero-order valence-corrected chi connectivity index (χ0v) is 16.6. The Morgan fingerprint density at radius 2 is 2.14 bits per heavy atom. The van der Waals surface area contributed by atoms with E-state index in [2.05, 4.69) is 15.3 Å². The standard InChI is InChI=1S/C18H17FN4O3S2/c1-28(25,26)11-4-5-13(19)14(9-11)22-17(24)15-3-2-7-23(15)16-12-6-8-27-18(12)21-10-20-16/h4-6,8-10,15H,2-3,7H2,1H3,(H,22,24). The number of fused-ring (bicyclic) bond motifs is 1. The van der Waals surface area contributed by atoms with Gasteiger partial charge in [0, 0.05) is 12.8 Å². The molecule has 1 aliphatic rings. The summed E-state index contributed by atoms with van der Waals surface area (Å²) in [5.41, 5.74) is -0.150. The van der Waals surface area contributed by atoms with Gasteiger partial charge in [-0.05, 0) is 42.5 Å². The summed E-state index contributed by atoms with van der Waals surface area (Å²) in [4.78, 5) is 24.1. The van der Waals surface area contributed by atoms with E-state index in [0.29, 0.717) is 18.8 Å². The average molecular weight is 420 g/mol. The van der Waals surface area contributed by atoms with Crippen molar-refractivity contribution in [2.45, 2.75) is 23.8 Å². The van der Waals surface area contributed by atoms with Crippen molar-refractivity contribution >= 4 is 48.8 Å². The average Bonchev–Trinajstić information content (AvgIpc) is 3.31. The molecule has 1 atom stereocenters. The number of amides is 1. The van der Waals surface area contributed by atoms with Gasteiger partial charge in [-0.3, -0.25) is 4.79 Å². The molecule has 10 heteroatoms. The minimum absolute atomic E-state index is 0.0525. The smallest absolute Gasteiger partial charge is 0.247 e. The lowest BCUT2D eigenvalue weighted by atomic mass is 10.2. The van der Waals surface area contributed by atoms with E-state index >= 15 is 0 Å². The molecule has 1 fully saturated rings. The number of hydrogen-bond donors (Lipinski definition) is 1. The van der Waals surface area contributed by atoms with E-state index in [-0.39, 0.29) is 10.6 Å². The molecule has 3 aromatic rings. The largest absolute Gasteiger partial charge is 0.344 e. The van der Waals surface area contributed by atoms with E-state index in [9.17, 15) is 17.6 Å². The van der Waals surface area contributed by atoms with Gasteiger partial charge in [-0.2, -0.15) is 0 Å². The molecule has 0 spiro atoms. The highest BCUT2D eigenvalue weighted by Crippen LogP contribution is 2.32. The van der Waals surface area contributed by atoms with Crippen LogP contribution in [-0.4, -0.2) is 43.1 Å². The molecule has 1 aliphatic heterocycles. The van der Waals surface area contributed by atoms with Gasteiger partial charge >= 0.3 is 0 Å². The number of carbonyl (C=O) groups is 1. The van der Waals surface area contributed by atoms with Gasteiger partial charge in [-0.15, -0.1) is 11.3 Å². The molecule has 146 valence electrons. The normalized spacial score (nSPS) is 17.2. The number of rotatable bonds is 4. The fourth-order valence-corrected chi connectivity index (χ4v) is 4.72. The van der Waals surface area contributed by atoms with Gasteiger partial charge < -0.3 is 10.2 Å². The molecule has 28 heavy (non-hydrogen) atoms. The Morgan fingerprint density at radius 3 is 2.93 bits per heavy atom. The zero-order valence-electron chi connectivity index (χ0n) is 14.9. The second-order valence-electron chi connectivity index (χ2n) is 6.59. The highest BCUT2D eigenvalue weighted by molar-refractivity contribution is 7.90. The summed E-state index contributed by atoms with van der Waals surface area (Å²) in [6.45, 7) is 0.645. The summed E-state index contributed by atoms with van der Waals surface area (Å²) in [6, 6.07) is 4.74. The molecule has 1 saturated heterocycles. The molecule has 7 nitrogen and oxygen atoms in total. The first-order valence-electron chi connectivity index (χ1n) is 8.60. The van der Waals surface area contributed by atoms with Crippen molar-refractivity contribution in [3.05, 3.63) is 41.8 Å². The van der Waals surface area contributed by atoms with E-state index in [4.69, 9.17) is 0 Å². The number of thiophene rings is 1. The Balaban J connectivity index is 1.62. The van der Waals surface area contributed by atoms with E-state index in [1.165, 1.54) is 23.7 Å². The van der Waals surface area contributed by atoms with Crippen LogP contribution >= 0.6 is 11.3 Å². The van der Waals surface area contributed by atoms with Crippen molar-refractivity contribution in [3.63, 3.8) is 0 Å². The molecule has 0 saturated carbocycles. The lowest BCUT2D eigenvalue weighted by Gasteiger charge is -2.25. The van der Waals surface area contributed by atoms with Crippen molar-refractivity contribution in [2.75, 3.05) is 23.0 Å². The Morgan fingerprint density at radius 1 is 1.32 bits per heavy atom. The maximum Gasteiger partial charge on any atom is 0.247 e. The van der Waals surface area contributed by atoms with Crippen LogP contribution in [0.25, 0.3) is 10.2 Å². The fourth-order valence-electron chi connectivity index (χ4n) is 3.35. The first kappa shape index (κ1) is 18.8. The van der Waals surface area contributed by atoms with E-state index in [1.807, 2.05) is 16.3 Å². The number of anilines is 2. The van der Waals surface area contributed by atoms with Gasteiger partial charge in [0.25, 0.3) is 0 Å². The van der Waals surface area contributed by atoms with E-state index in [0.717, 1.165) is 35.0 Å². The van der Waals surface area contributed by atoms with Gasteiger partial charge in [0.1, 0.15) is 28.8 Å². The second kappa shape index (κ2) is 7.10. The SMILES string of the molecule is CS(=O)(=O)c1ccc(F)c(NC(=O)C2CCCN2c2ncnc3sccc23)c1. The number of aromatic nitrogens is 2. The van der Waals surface area contributed by atoms with Crippen LogP contribution in [-0.2, 0) is 14.6 Å². The number of halogens is 1. The maximum absolute atomic E-state index is 14.1. The van der Waals surface area contributed by atoms with Crippen LogP contribution in [0.5, 0.6) is 0 Å². The van der Waals surface area contributed by atoms with Crippen molar-refractivity contribution in [1.82, 2.24) is 9.97 Å². The van der Waals surface area contributed by atoms with Gasteiger partial charge in [-0.1, -0.05) is 0 Å². The minimum Gasteiger partial charge on any atom is -0.344 e. The van der Waals surface area contributed by atoms with Gasteiger partial charge in [-0.25, -0.2) is 22.8 Å². The lowest BCUT2D eigenvalue weighted by molar-refractivity contribution is -0.117. The fraction of sp³-hybridized carbons (Fsp3) is 0.278. The van der Waals surface area contributed by atoms with Crippen molar-refractivity contribution < 1.29 is 17.6 Å². The van der Waals surface area contributed by atoms with Crippen LogP contribution in [0.4, 0.5) is 15.9 Å². The second-order valence-corrected chi connectivity index (χ2v) is 9.50. The molecular formula is C18H17FN4O3S2. The van der Waals surface area contributed by atoms with Crippen LogP contribution in [0.3, 0.4) is 0 Å². The number of benzene rings is 1. The molecule has 1 amide bonds. The number of nitrogens with one attached hydrogen (secondary N) is 1. The minimum atomic E-state index is -3.51. The molecule has 2 aromatic heterocycles. The third-order valence-corrected chi connectivity index (χ3v) is 6.62. The summed E-state index contributed by atoms with van der Waals surface area (Å²) < 4.78 is 37.6. The Labute approximate surface area is 165 Å². The Bertz CT molecular complexity index is 1160. The summed E-state index contributed by atoms with van der Waals surface area (Å²) in [6.07, 6.45) is 3.89. The molecule has 4 rings (SSSR count). The van der Waals surface area contributed by atoms with Gasteiger partial charge in [0.15, 0.2) is 9.84 Å². The van der Waals surface area contributed by atoms with Crippen molar-refractivity contribution in [1.29, 1.82) is 0 Å². The monoisotopic (exact) mass is 420 g/mol. The molecule has 1 aromatic carbocycles. The van der Waals surface area contributed by atoms with Crippen LogP contribution in [0, 0.1) is 5.82 Å². The molecular weight excluding hydrogens is 403 g/mol. The number of sulfone groups is 1. The summed E-state index contributed by atoms with van der Waals surface area (Å²) >= 11 is 1.49.